The van der Waals surface area contributed by atoms with Gasteiger partial charge in [-0.05, 0) is 53.7 Å². The molecule has 0 radical (unpaired) electrons. The van der Waals surface area contributed by atoms with E-state index in [9.17, 15) is 9.59 Å². The highest BCUT2D eigenvalue weighted by Crippen LogP contribution is 2.25. The number of carboxylic acid groups (broad SMARTS) is 1. The van der Waals surface area contributed by atoms with E-state index in [0.29, 0.717) is 19.4 Å². The van der Waals surface area contributed by atoms with Gasteiger partial charge in [0.05, 0.1) is 16.2 Å². The van der Waals surface area contributed by atoms with Gasteiger partial charge in [0.1, 0.15) is 0 Å². The number of urea groups is 1. The van der Waals surface area contributed by atoms with E-state index in [1.807, 2.05) is 12.1 Å². The predicted octanol–water partition coefficient (Wildman–Crippen LogP) is 3.30. The van der Waals surface area contributed by atoms with Crippen LogP contribution in [0.1, 0.15) is 30.6 Å². The maximum atomic E-state index is 12.1. The molecule has 0 aromatic carbocycles. The highest BCUT2D eigenvalue weighted by molar-refractivity contribution is 9.11. The number of aliphatic carboxylic acids is 1. The van der Waals surface area contributed by atoms with Crippen LogP contribution in [0.2, 0.25) is 0 Å². The number of amides is 2. The number of halogens is 1. The molecule has 0 spiro atoms. The molecule has 2 rings (SSSR count). The van der Waals surface area contributed by atoms with Gasteiger partial charge in [-0.25, -0.2) is 4.79 Å². The van der Waals surface area contributed by atoms with Gasteiger partial charge in [-0.2, -0.15) is 0 Å². The fourth-order valence-electron chi connectivity index (χ4n) is 2.51. The van der Waals surface area contributed by atoms with Gasteiger partial charge in [-0.15, -0.1) is 11.3 Å². The lowest BCUT2D eigenvalue weighted by Gasteiger charge is -2.28. The first kappa shape index (κ1) is 16.3. The van der Waals surface area contributed by atoms with Gasteiger partial charge >= 0.3 is 12.0 Å². The molecule has 1 saturated carbocycles. The smallest absolute Gasteiger partial charge is 0.317 e. The summed E-state index contributed by atoms with van der Waals surface area (Å²) in [6.45, 7) is 0.576. The summed E-state index contributed by atoms with van der Waals surface area (Å²) < 4.78 is 1.05. The van der Waals surface area contributed by atoms with Gasteiger partial charge < -0.3 is 15.3 Å². The molecule has 7 heteroatoms. The van der Waals surface area contributed by atoms with Gasteiger partial charge in [0.15, 0.2) is 0 Å². The summed E-state index contributed by atoms with van der Waals surface area (Å²) in [6, 6.07) is 3.96. The van der Waals surface area contributed by atoms with Crippen molar-refractivity contribution in [2.75, 3.05) is 7.05 Å². The molecule has 21 heavy (non-hydrogen) atoms. The van der Waals surface area contributed by atoms with Crippen molar-refractivity contribution in [3.63, 3.8) is 0 Å². The Kier molecular flexibility index (Phi) is 5.64. The number of rotatable bonds is 4. The molecule has 2 amide bonds. The molecule has 1 aromatic rings. The quantitative estimate of drug-likeness (QED) is 0.849. The van der Waals surface area contributed by atoms with Crippen LogP contribution < -0.4 is 5.32 Å². The predicted molar refractivity (Wildman–Crippen MR) is 85.4 cm³/mol. The van der Waals surface area contributed by atoms with E-state index >= 15 is 0 Å². The van der Waals surface area contributed by atoms with Crippen LogP contribution in [0.4, 0.5) is 4.79 Å². The van der Waals surface area contributed by atoms with Crippen LogP contribution in [0.25, 0.3) is 0 Å². The zero-order chi connectivity index (χ0) is 15.4. The molecule has 0 unspecified atom stereocenters. The zero-order valence-corrected chi connectivity index (χ0v) is 14.2. The average Bonchev–Trinajstić information content (AvgIpc) is 2.84. The molecule has 5 nitrogen and oxygen atoms in total. The molecular weight excluding hydrogens is 356 g/mol. The number of nitrogens with zero attached hydrogens (tertiary/aromatic N) is 1. The molecule has 2 N–H and O–H groups in total. The van der Waals surface area contributed by atoms with Gasteiger partial charge in [-0.1, -0.05) is 0 Å². The molecule has 1 aromatic heterocycles. The number of carboxylic acids is 1. The van der Waals surface area contributed by atoms with Gasteiger partial charge in [0.25, 0.3) is 0 Å². The summed E-state index contributed by atoms with van der Waals surface area (Å²) in [5, 5.41) is 12.0. The highest BCUT2D eigenvalue weighted by Gasteiger charge is 2.27. The Morgan fingerprint density at radius 2 is 2.05 bits per heavy atom. The second-order valence-electron chi connectivity index (χ2n) is 5.40. The van der Waals surface area contributed by atoms with E-state index in [2.05, 4.69) is 21.2 Å². The summed E-state index contributed by atoms with van der Waals surface area (Å²) in [6.07, 6.45) is 2.76. The van der Waals surface area contributed by atoms with E-state index in [-0.39, 0.29) is 18.0 Å². The van der Waals surface area contributed by atoms with Crippen LogP contribution in [0.5, 0.6) is 0 Å². The number of thiophene rings is 1. The first-order valence-corrected chi connectivity index (χ1v) is 8.55. The summed E-state index contributed by atoms with van der Waals surface area (Å²) in [7, 11) is 1.77. The third-order valence-electron chi connectivity index (χ3n) is 3.77. The second kappa shape index (κ2) is 7.26. The van der Waals surface area contributed by atoms with Crippen molar-refractivity contribution in [1.82, 2.24) is 10.2 Å². The molecule has 1 aliphatic rings. The Morgan fingerprint density at radius 1 is 1.38 bits per heavy atom. The van der Waals surface area contributed by atoms with Crippen molar-refractivity contribution >= 4 is 39.3 Å². The lowest BCUT2D eigenvalue weighted by molar-refractivity contribution is -0.142. The van der Waals surface area contributed by atoms with Crippen molar-refractivity contribution < 1.29 is 14.7 Å². The largest absolute Gasteiger partial charge is 0.481 e. The van der Waals surface area contributed by atoms with E-state index < -0.39 is 5.97 Å². The van der Waals surface area contributed by atoms with Gasteiger partial charge in [0, 0.05) is 18.0 Å². The summed E-state index contributed by atoms with van der Waals surface area (Å²) in [5.74, 6) is -0.973. The minimum atomic E-state index is -0.722. The van der Waals surface area contributed by atoms with Crippen LogP contribution in [-0.2, 0) is 11.3 Å². The molecule has 1 aliphatic carbocycles. The van der Waals surface area contributed by atoms with Crippen LogP contribution in [0.15, 0.2) is 15.9 Å². The van der Waals surface area contributed by atoms with Crippen LogP contribution >= 0.6 is 27.3 Å². The van der Waals surface area contributed by atoms with Crippen LogP contribution in [0.3, 0.4) is 0 Å². The van der Waals surface area contributed by atoms with E-state index in [0.717, 1.165) is 21.5 Å². The monoisotopic (exact) mass is 374 g/mol. The maximum absolute atomic E-state index is 12.1. The molecule has 1 heterocycles. The van der Waals surface area contributed by atoms with Crippen molar-refractivity contribution in [2.45, 2.75) is 38.3 Å². The Hall–Kier alpha value is -1.08. The van der Waals surface area contributed by atoms with E-state index in [1.54, 1.807) is 23.3 Å². The zero-order valence-electron chi connectivity index (χ0n) is 11.8. The molecule has 0 atom stereocenters. The lowest BCUT2D eigenvalue weighted by Crippen LogP contribution is -2.44. The topological polar surface area (TPSA) is 69.6 Å². The average molecular weight is 375 g/mol. The Bertz CT molecular complexity index is 512. The van der Waals surface area contributed by atoms with Crippen LogP contribution in [-0.4, -0.2) is 35.1 Å². The van der Waals surface area contributed by atoms with Crippen molar-refractivity contribution in [2.24, 2.45) is 5.92 Å². The van der Waals surface area contributed by atoms with Gasteiger partial charge in [0.2, 0.25) is 0 Å². The number of nitrogens with one attached hydrogen (secondary N) is 1. The molecule has 0 saturated heterocycles. The number of hydrogen-bond acceptors (Lipinski definition) is 3. The van der Waals surface area contributed by atoms with E-state index in [4.69, 9.17) is 5.11 Å². The second-order valence-corrected chi connectivity index (χ2v) is 7.95. The third kappa shape index (κ3) is 4.71. The fourth-order valence-corrected chi connectivity index (χ4v) is 4.05. The Balaban J connectivity index is 1.77. The minimum Gasteiger partial charge on any atom is -0.481 e. The Labute approximate surface area is 136 Å². The standard InChI is InChI=1S/C14H19BrN2O3S/c1-17(8-11-6-7-12(15)21-11)14(20)16-10-4-2-9(3-5-10)13(18)19/h6-7,9-10H,2-5,8H2,1H3,(H,16,20)(H,18,19). The van der Waals surface area contributed by atoms with Crippen molar-refractivity contribution in [3.05, 3.63) is 20.8 Å². The number of carbonyl (C=O) groups is 2. The third-order valence-corrected chi connectivity index (χ3v) is 5.38. The summed E-state index contributed by atoms with van der Waals surface area (Å²) in [4.78, 5) is 25.8. The number of carbonyl (C=O) groups excluding carboxylic acids is 1. The normalized spacial score (nSPS) is 21.8. The lowest BCUT2D eigenvalue weighted by atomic mass is 9.86. The summed E-state index contributed by atoms with van der Waals surface area (Å²) >= 11 is 5.02. The first-order chi connectivity index (χ1) is 9.95. The number of hydrogen-bond donors (Lipinski definition) is 2. The fraction of sp³-hybridized carbons (Fsp3) is 0.571. The molecule has 116 valence electrons. The SMILES string of the molecule is CN(Cc1ccc(Br)s1)C(=O)NC1CCC(C(=O)O)CC1. The van der Waals surface area contributed by atoms with E-state index in [1.165, 1.54) is 0 Å². The summed E-state index contributed by atoms with van der Waals surface area (Å²) in [5.41, 5.74) is 0. The molecule has 1 fully saturated rings. The van der Waals surface area contributed by atoms with Crippen molar-refractivity contribution in [1.29, 1.82) is 0 Å². The molecule has 0 aliphatic heterocycles. The highest BCUT2D eigenvalue weighted by atomic mass is 79.9. The maximum Gasteiger partial charge on any atom is 0.317 e. The molecule has 0 bridgehead atoms. The first-order valence-electron chi connectivity index (χ1n) is 6.94. The van der Waals surface area contributed by atoms with Gasteiger partial charge in [-0.3, -0.25) is 4.79 Å². The minimum absolute atomic E-state index is 0.0885. The Morgan fingerprint density at radius 3 is 2.57 bits per heavy atom. The van der Waals surface area contributed by atoms with Crippen LogP contribution in [0, 0.1) is 5.92 Å². The van der Waals surface area contributed by atoms with Crippen molar-refractivity contribution in [3.8, 4) is 0 Å². The molecular formula is C14H19BrN2O3S.